The average molecular weight is 834 g/mol. The fourth-order valence-corrected chi connectivity index (χ4v) is 8.07. The maximum atomic E-state index is 12.7. The van der Waals surface area contributed by atoms with Crippen LogP contribution in [0.4, 0.5) is 4.39 Å². The molecule has 2 rings (SSSR count). The maximum absolute atomic E-state index is 12.7. The summed E-state index contributed by atoms with van der Waals surface area (Å²) >= 11 is 0. The highest BCUT2D eigenvalue weighted by Crippen LogP contribution is 2.25. The number of hydrogen-bond donors (Lipinski definition) is 0. The van der Waals surface area contributed by atoms with Gasteiger partial charge >= 0.3 is 0 Å². The number of benzene rings is 2. The molecule has 53 heavy (non-hydrogen) atoms. The van der Waals surface area contributed by atoms with E-state index in [0.717, 1.165) is 6.92 Å². The molecule has 0 aliphatic carbocycles. The third kappa shape index (κ3) is 38.6. The molecule has 0 radical (unpaired) electrons. The maximum Gasteiger partial charge on any atom is 0.196 e. The molecule has 2 aromatic carbocycles. The summed E-state index contributed by atoms with van der Waals surface area (Å²) in [5.74, 6) is 1.68. The second-order valence-electron chi connectivity index (χ2n) is 10.8. The first-order chi connectivity index (χ1) is 23.8. The van der Waals surface area contributed by atoms with Gasteiger partial charge in [-0.2, -0.15) is 19.3 Å². The summed E-state index contributed by atoms with van der Waals surface area (Å²) < 4.78 is 85.9. The van der Waals surface area contributed by atoms with E-state index in [1.807, 2.05) is 55.4 Å². The van der Waals surface area contributed by atoms with Crippen molar-refractivity contribution in [2.24, 2.45) is 0 Å². The third-order valence-corrected chi connectivity index (χ3v) is 11.4. The fraction of sp³-hybridized carbons (Fsp3) is 0.675. The number of halogens is 1. The van der Waals surface area contributed by atoms with Crippen molar-refractivity contribution in [2.45, 2.75) is 172 Å². The van der Waals surface area contributed by atoms with Gasteiger partial charge in [0, 0.05) is 12.5 Å². The number of sulfonamides is 2. The molecular formula is C40H80FNO7S4-2. The van der Waals surface area contributed by atoms with Gasteiger partial charge in [-0.3, -0.25) is 0 Å². The van der Waals surface area contributed by atoms with Gasteiger partial charge in [-0.1, -0.05) is 109 Å². The van der Waals surface area contributed by atoms with Crippen LogP contribution in [0.25, 0.3) is 4.13 Å². The monoisotopic (exact) mass is 833 g/mol. The molecule has 0 bridgehead atoms. The van der Waals surface area contributed by atoms with Gasteiger partial charge in [0.05, 0.1) is 30.9 Å². The van der Waals surface area contributed by atoms with Crippen LogP contribution in [0.3, 0.4) is 0 Å². The Kier molecular flexibility index (Phi) is 45.2. The summed E-state index contributed by atoms with van der Waals surface area (Å²) in [6.07, 6.45) is 7.67. The molecule has 0 aromatic heterocycles. The lowest BCUT2D eigenvalue weighted by Gasteiger charge is -2.22. The zero-order valence-corrected chi connectivity index (χ0v) is 39.6. The predicted molar refractivity (Wildman–Crippen MR) is 235 cm³/mol. The van der Waals surface area contributed by atoms with E-state index in [2.05, 4.69) is 95.2 Å². The minimum absolute atomic E-state index is 0. The highest BCUT2D eigenvalue weighted by Gasteiger charge is 2.29. The molecule has 0 heterocycles. The van der Waals surface area contributed by atoms with Crippen LogP contribution in [0.2, 0.25) is 0 Å². The van der Waals surface area contributed by atoms with Crippen LogP contribution in [0.1, 0.15) is 152 Å². The first kappa shape index (κ1) is 66.3. The number of rotatable bonds is 10. The minimum Gasteiger partial charge on any atom is -0.745 e. The summed E-state index contributed by atoms with van der Waals surface area (Å²) in [5, 5.41) is -2.60. The number of aryl methyl sites for hydroxylation is 4. The Morgan fingerprint density at radius 2 is 0.887 bits per heavy atom. The number of nitrogens with zero attached hydrogens (tertiary/aromatic N) is 1. The van der Waals surface area contributed by atoms with Crippen LogP contribution in [-0.4, -0.2) is 53.6 Å². The van der Waals surface area contributed by atoms with Crippen LogP contribution in [-0.2, 0) is 41.1 Å². The van der Waals surface area contributed by atoms with Gasteiger partial charge in [0.1, 0.15) is 16.4 Å². The van der Waals surface area contributed by atoms with Crippen LogP contribution < -0.4 is 0 Å². The van der Waals surface area contributed by atoms with Crippen molar-refractivity contribution in [3.05, 3.63) is 68.7 Å². The standard InChI is InChI=1S/C17H21S.C7H15.C5H11FO3S.C2H6NO4S2.4C2H6.CH4/c1-12-6-13(2)9-16(8-12)18(5)17-10-14(3)7-15(4)11-17;1-4-7(5-2)6-3;1-3-4-5(2,6)10(7,8)9;1-8(4,5)3-9(2,6)7;4*1-2;/h6-11H,1-5H3;4-6H2,1-3H3;3-4H2,1-2H3,(H,7,8,9);1-2H3;4*1-2H3;1H4/q+1;-1;;-1;;;;;/p-1. The molecule has 0 aliphatic heterocycles. The Balaban J connectivity index is -0.000000105. The Morgan fingerprint density at radius 1 is 0.642 bits per heavy atom. The van der Waals surface area contributed by atoms with E-state index in [4.69, 9.17) is 0 Å². The molecule has 1 atom stereocenters. The van der Waals surface area contributed by atoms with E-state index in [-0.39, 0.29) is 24.7 Å². The predicted octanol–water partition coefficient (Wildman–Crippen LogP) is 12.4. The molecule has 0 saturated carbocycles. The Bertz CT molecular complexity index is 1350. The largest absolute Gasteiger partial charge is 0.745 e. The van der Waals surface area contributed by atoms with E-state index in [9.17, 15) is 34.2 Å². The van der Waals surface area contributed by atoms with Crippen LogP contribution >= 0.6 is 0 Å². The van der Waals surface area contributed by atoms with Gasteiger partial charge in [-0.15, -0.1) is 0 Å². The van der Waals surface area contributed by atoms with Crippen molar-refractivity contribution in [2.75, 3.05) is 18.8 Å². The Morgan fingerprint density at radius 3 is 1.00 bits per heavy atom. The van der Waals surface area contributed by atoms with Crippen molar-refractivity contribution in [3.63, 3.8) is 0 Å². The zero-order chi connectivity index (χ0) is 43.1. The SMILES string of the molecule is C.CC.CC.CC.CC.CCCC(C)(F)S(=O)(=O)[O-].CC[C-](CC)CC.CS(=O)(=O)[N-]S(C)(=O)=O.Cc1cc(C)cc([S+](C)c2cc(C)cc(C)c2)c1. The lowest BCUT2D eigenvalue weighted by molar-refractivity contribution is 0.246. The fourth-order valence-electron chi connectivity index (χ4n) is 3.92. The van der Waals surface area contributed by atoms with Gasteiger partial charge in [0.25, 0.3) is 0 Å². The highest BCUT2D eigenvalue weighted by atomic mass is 32.3. The lowest BCUT2D eigenvalue weighted by Crippen LogP contribution is -2.29. The Hall–Kier alpha value is -1.51. The van der Waals surface area contributed by atoms with Crippen molar-refractivity contribution in [1.82, 2.24) is 0 Å². The average Bonchev–Trinajstić information content (AvgIpc) is 3.03. The smallest absolute Gasteiger partial charge is 0.196 e. The van der Waals surface area contributed by atoms with E-state index in [1.165, 1.54) is 51.3 Å². The van der Waals surface area contributed by atoms with Crippen LogP contribution in [0.15, 0.2) is 46.2 Å². The van der Waals surface area contributed by atoms with Crippen LogP contribution in [0.5, 0.6) is 0 Å². The van der Waals surface area contributed by atoms with E-state index in [0.29, 0.717) is 18.9 Å². The normalized spacial score (nSPS) is 11.3. The molecular weight excluding hydrogens is 754 g/mol. The molecule has 0 N–H and O–H groups in total. The van der Waals surface area contributed by atoms with Crippen molar-refractivity contribution in [1.29, 1.82) is 0 Å². The second kappa shape index (κ2) is 36.1. The molecule has 1 unspecified atom stereocenters. The first-order valence-electron chi connectivity index (χ1n) is 18.3. The van der Waals surface area contributed by atoms with E-state index in [1.54, 1.807) is 12.8 Å². The molecule has 0 amide bonds. The van der Waals surface area contributed by atoms with Gasteiger partial charge in [-0.25, -0.2) is 29.6 Å². The van der Waals surface area contributed by atoms with Gasteiger partial charge in [0.2, 0.25) is 0 Å². The summed E-state index contributed by atoms with van der Waals surface area (Å²) in [7, 11) is -12.1. The number of alkyl halides is 1. The minimum atomic E-state index is -4.78. The zero-order valence-electron chi connectivity index (χ0n) is 36.3. The Labute approximate surface area is 333 Å². The lowest BCUT2D eigenvalue weighted by atomic mass is 10.0. The van der Waals surface area contributed by atoms with E-state index >= 15 is 0 Å². The van der Waals surface area contributed by atoms with Crippen LogP contribution in [0, 0.1) is 33.6 Å². The van der Waals surface area contributed by atoms with Crippen molar-refractivity contribution >= 4 is 41.1 Å². The topological polar surface area (TPSA) is 140 Å². The number of hydrogen-bond acceptors (Lipinski definition) is 7. The summed E-state index contributed by atoms with van der Waals surface area (Å²) in [6.45, 7) is 33.8. The molecule has 2 aromatic rings. The molecule has 0 fully saturated rings. The summed E-state index contributed by atoms with van der Waals surface area (Å²) in [4.78, 5) is 2.88. The molecule has 320 valence electrons. The van der Waals surface area contributed by atoms with Gasteiger partial charge in [0.15, 0.2) is 14.8 Å². The quantitative estimate of drug-likeness (QED) is 0.132. The summed E-state index contributed by atoms with van der Waals surface area (Å²) in [5.41, 5.74) is 5.42. The molecule has 0 saturated heterocycles. The van der Waals surface area contributed by atoms with Gasteiger partial charge < -0.3 is 14.6 Å². The van der Waals surface area contributed by atoms with Gasteiger partial charge in [-0.05, 0) is 87.6 Å². The molecule has 8 nitrogen and oxygen atoms in total. The first-order valence-corrected chi connectivity index (χ1v) is 25.0. The molecule has 0 aliphatic rings. The van der Waals surface area contributed by atoms with Crippen molar-refractivity contribution < 1.29 is 34.2 Å². The third-order valence-electron chi connectivity index (χ3n) is 6.09. The second-order valence-corrected chi connectivity index (χ2v) is 18.1. The van der Waals surface area contributed by atoms with E-state index < -0.39 is 35.2 Å². The van der Waals surface area contributed by atoms with Crippen molar-refractivity contribution in [3.8, 4) is 0 Å². The molecule has 13 heteroatoms. The summed E-state index contributed by atoms with van der Waals surface area (Å²) in [6, 6.07) is 13.7. The molecule has 0 spiro atoms. The highest BCUT2D eigenvalue weighted by molar-refractivity contribution is 8.11.